The van der Waals surface area contributed by atoms with Crippen LogP contribution in [0.15, 0.2) is 48.8 Å². The number of nitrogens with two attached hydrogens (primary N) is 1. The third-order valence-electron chi connectivity index (χ3n) is 6.94. The second kappa shape index (κ2) is 9.62. The van der Waals surface area contributed by atoms with Gasteiger partial charge >= 0.3 is 0 Å². The fourth-order valence-corrected chi connectivity index (χ4v) is 5.27. The van der Waals surface area contributed by atoms with Crippen molar-refractivity contribution in [3.05, 3.63) is 60.2 Å². The number of hydrogen-bond acceptors (Lipinski definition) is 8. The molecule has 1 aliphatic rings. The minimum absolute atomic E-state index is 0.0717. The molecule has 1 fully saturated rings. The number of aliphatic hydroxyl groups is 1. The lowest BCUT2D eigenvalue weighted by Gasteiger charge is -2.33. The number of alkyl halides is 1. The van der Waals surface area contributed by atoms with Crippen LogP contribution in [0.5, 0.6) is 0 Å². The lowest BCUT2D eigenvalue weighted by atomic mass is 10.0. The number of halogens is 2. The lowest BCUT2D eigenvalue weighted by molar-refractivity contribution is 0.0585. The molecule has 0 saturated carbocycles. The Kier molecular flexibility index (Phi) is 6.20. The Balaban J connectivity index is 1.56. The Morgan fingerprint density at radius 2 is 1.98 bits per heavy atom. The van der Waals surface area contributed by atoms with E-state index in [4.69, 9.17) is 10.7 Å². The summed E-state index contributed by atoms with van der Waals surface area (Å²) in [5, 5.41) is 28.0. The Morgan fingerprint density at radius 3 is 2.70 bits per heavy atom. The highest BCUT2D eigenvalue weighted by Crippen LogP contribution is 2.37. The molecule has 10 nitrogen and oxygen atoms in total. The predicted octanol–water partition coefficient (Wildman–Crippen LogP) is 3.47. The summed E-state index contributed by atoms with van der Waals surface area (Å²) in [6.07, 6.45) is 2.55. The van der Waals surface area contributed by atoms with E-state index in [1.807, 2.05) is 28.7 Å². The Labute approximate surface area is 228 Å². The average Bonchev–Trinajstić information content (AvgIpc) is 3.48. The van der Waals surface area contributed by atoms with E-state index >= 15 is 0 Å². The first-order valence-electron chi connectivity index (χ1n) is 12.9. The maximum absolute atomic E-state index is 14.8. The predicted molar refractivity (Wildman–Crippen MR) is 146 cm³/mol. The van der Waals surface area contributed by atoms with E-state index in [1.165, 1.54) is 12.1 Å². The molecule has 0 spiro atoms. The minimum Gasteiger partial charge on any atom is -0.389 e. The number of rotatable bonds is 5. The average molecular weight is 544 g/mol. The van der Waals surface area contributed by atoms with Crippen LogP contribution in [0.25, 0.3) is 39.2 Å². The molecule has 204 valence electrons. The summed E-state index contributed by atoms with van der Waals surface area (Å²) in [5.41, 5.74) is 9.16. The van der Waals surface area contributed by atoms with Gasteiger partial charge in [-0.05, 0) is 44.5 Å². The zero-order valence-corrected chi connectivity index (χ0v) is 22.0. The molecule has 0 bridgehead atoms. The highest BCUT2D eigenvalue weighted by Gasteiger charge is 2.29. The molecule has 4 heterocycles. The van der Waals surface area contributed by atoms with Gasteiger partial charge in [0.1, 0.15) is 23.6 Å². The van der Waals surface area contributed by atoms with Crippen LogP contribution in [-0.2, 0) is 6.54 Å². The van der Waals surface area contributed by atoms with E-state index in [1.54, 1.807) is 41.9 Å². The van der Waals surface area contributed by atoms with Crippen LogP contribution in [-0.4, -0.2) is 65.4 Å². The van der Waals surface area contributed by atoms with Gasteiger partial charge in [-0.25, -0.2) is 23.4 Å². The van der Waals surface area contributed by atoms with Crippen LogP contribution >= 0.6 is 0 Å². The Morgan fingerprint density at radius 1 is 1.18 bits per heavy atom. The molecule has 2 atom stereocenters. The number of piperidine rings is 1. The second-order valence-corrected chi connectivity index (χ2v) is 10.8. The molecule has 1 aliphatic heterocycles. The van der Waals surface area contributed by atoms with Gasteiger partial charge < -0.3 is 15.7 Å². The highest BCUT2D eigenvalue weighted by molar-refractivity contribution is 5.89. The van der Waals surface area contributed by atoms with Gasteiger partial charge in [0, 0.05) is 36.1 Å². The van der Waals surface area contributed by atoms with Gasteiger partial charge in [-0.15, -0.1) is 5.10 Å². The molecular formula is C28H27F2N9O. The topological polar surface area (TPSA) is 134 Å². The number of imidazole rings is 1. The van der Waals surface area contributed by atoms with Crippen molar-refractivity contribution in [2.24, 2.45) is 5.73 Å². The number of hydrogen-bond donors (Lipinski definition) is 2. The smallest absolute Gasteiger partial charge is 0.181 e. The standard InChI is InChI=1S/C28H27F2N9O/c1-28(2,40)15-39-23-6-5-17(10-22(23)35-36-39)25-24(16-3-4-18(12-31)21(30)9-16)34-27-26(33-7-8-38(25)27)37-13-19(29)11-20(32)14-37/h3-10,19-20,40H,11,13-15,32H2,1-2H3/t19-,20+/m0/s1. The van der Waals surface area contributed by atoms with Gasteiger partial charge in [-0.1, -0.05) is 17.3 Å². The van der Waals surface area contributed by atoms with Crippen molar-refractivity contribution in [2.75, 3.05) is 18.0 Å². The SMILES string of the molecule is CC(C)(O)Cn1nnc2cc(-c3c(-c4ccc(C#N)c(F)c4)nc4c(N5C[C@H](N)C[C@H](F)C5)nccn34)ccc21. The maximum Gasteiger partial charge on any atom is 0.181 e. The van der Waals surface area contributed by atoms with E-state index in [2.05, 4.69) is 15.3 Å². The van der Waals surface area contributed by atoms with Gasteiger partial charge in [-0.3, -0.25) is 4.40 Å². The molecule has 5 aromatic rings. The quantitative estimate of drug-likeness (QED) is 0.344. The zero-order chi connectivity index (χ0) is 28.2. The van der Waals surface area contributed by atoms with Gasteiger partial charge in [-0.2, -0.15) is 5.26 Å². The molecule has 3 N–H and O–H groups in total. The summed E-state index contributed by atoms with van der Waals surface area (Å²) >= 11 is 0. The van der Waals surface area contributed by atoms with Crippen LogP contribution in [0.4, 0.5) is 14.6 Å². The van der Waals surface area contributed by atoms with Crippen molar-refractivity contribution in [2.45, 2.75) is 44.6 Å². The van der Waals surface area contributed by atoms with Crippen LogP contribution in [0, 0.1) is 17.1 Å². The monoisotopic (exact) mass is 543 g/mol. The maximum atomic E-state index is 14.8. The molecule has 0 unspecified atom stereocenters. The van der Waals surface area contributed by atoms with E-state index in [-0.39, 0.29) is 31.1 Å². The van der Waals surface area contributed by atoms with Crippen LogP contribution in [0.3, 0.4) is 0 Å². The normalized spacial score (nSPS) is 18.0. The number of anilines is 1. The van der Waals surface area contributed by atoms with E-state index < -0.39 is 17.6 Å². The fourth-order valence-electron chi connectivity index (χ4n) is 5.27. The summed E-state index contributed by atoms with van der Waals surface area (Å²) in [6.45, 7) is 4.22. The summed E-state index contributed by atoms with van der Waals surface area (Å²) in [7, 11) is 0. The molecule has 3 aromatic heterocycles. The van der Waals surface area contributed by atoms with Crippen molar-refractivity contribution in [3.8, 4) is 28.6 Å². The third-order valence-corrected chi connectivity index (χ3v) is 6.94. The van der Waals surface area contributed by atoms with E-state index in [0.717, 1.165) is 11.1 Å². The number of nitriles is 1. The van der Waals surface area contributed by atoms with Crippen LogP contribution < -0.4 is 10.6 Å². The first kappa shape index (κ1) is 25.8. The van der Waals surface area contributed by atoms with Crippen molar-refractivity contribution in [1.82, 2.24) is 29.4 Å². The molecule has 12 heteroatoms. The number of nitrogens with zero attached hydrogens (tertiary/aromatic N) is 8. The minimum atomic E-state index is -1.10. The summed E-state index contributed by atoms with van der Waals surface area (Å²) < 4.78 is 32.7. The summed E-state index contributed by atoms with van der Waals surface area (Å²) in [5.74, 6) is -0.187. The second-order valence-electron chi connectivity index (χ2n) is 10.8. The van der Waals surface area contributed by atoms with Gasteiger partial charge in [0.05, 0.1) is 41.2 Å². The Bertz CT molecular complexity index is 1770. The molecule has 0 amide bonds. The van der Waals surface area contributed by atoms with Crippen molar-refractivity contribution in [1.29, 1.82) is 5.26 Å². The first-order valence-corrected chi connectivity index (χ1v) is 12.9. The lowest BCUT2D eigenvalue weighted by Crippen LogP contribution is -2.48. The number of aromatic nitrogens is 6. The molecule has 2 aromatic carbocycles. The van der Waals surface area contributed by atoms with Crippen LogP contribution in [0.1, 0.15) is 25.8 Å². The zero-order valence-electron chi connectivity index (χ0n) is 22.0. The molecular weight excluding hydrogens is 516 g/mol. The molecule has 0 aliphatic carbocycles. The van der Waals surface area contributed by atoms with Gasteiger partial charge in [0.25, 0.3) is 0 Å². The molecule has 6 rings (SSSR count). The largest absolute Gasteiger partial charge is 0.389 e. The summed E-state index contributed by atoms with van der Waals surface area (Å²) in [6, 6.07) is 11.4. The van der Waals surface area contributed by atoms with Crippen molar-refractivity contribution in [3.63, 3.8) is 0 Å². The van der Waals surface area contributed by atoms with Gasteiger partial charge in [0.2, 0.25) is 0 Å². The summed E-state index contributed by atoms with van der Waals surface area (Å²) in [4.78, 5) is 11.2. The van der Waals surface area contributed by atoms with Crippen LogP contribution in [0.2, 0.25) is 0 Å². The number of fused-ring (bicyclic) bond motifs is 2. The number of benzene rings is 2. The van der Waals surface area contributed by atoms with Crippen molar-refractivity contribution >= 4 is 22.5 Å². The highest BCUT2D eigenvalue weighted by atomic mass is 19.1. The first-order chi connectivity index (χ1) is 19.1. The van der Waals surface area contributed by atoms with Gasteiger partial charge in [0.15, 0.2) is 11.5 Å². The van der Waals surface area contributed by atoms with Crippen molar-refractivity contribution < 1.29 is 13.9 Å². The molecule has 40 heavy (non-hydrogen) atoms. The fraction of sp³-hybridized carbons (Fsp3) is 0.321. The van der Waals surface area contributed by atoms with E-state index in [0.29, 0.717) is 40.5 Å². The molecule has 1 saturated heterocycles. The Hall–Kier alpha value is -4.47. The molecule has 0 radical (unpaired) electrons. The van der Waals surface area contributed by atoms with E-state index in [9.17, 15) is 19.1 Å². The third kappa shape index (κ3) is 4.63.